The highest BCUT2D eigenvalue weighted by Gasteiger charge is 2.29. The largest absolute Gasteiger partial charge is 0.459 e. The molecule has 10 heteroatoms. The maximum Gasteiger partial charge on any atom is 0.266 e. The van der Waals surface area contributed by atoms with Gasteiger partial charge in [0.1, 0.15) is 11.9 Å². The fourth-order valence-corrected chi connectivity index (χ4v) is 3.59. The van der Waals surface area contributed by atoms with Gasteiger partial charge < -0.3 is 24.4 Å². The number of carbonyl (C=O) groups is 2. The summed E-state index contributed by atoms with van der Waals surface area (Å²) < 4.78 is 25.2. The van der Waals surface area contributed by atoms with E-state index in [0.717, 1.165) is 0 Å². The van der Waals surface area contributed by atoms with Gasteiger partial charge in [-0.05, 0) is 43.2 Å². The summed E-state index contributed by atoms with van der Waals surface area (Å²) in [6, 6.07) is 9.41. The van der Waals surface area contributed by atoms with E-state index >= 15 is 0 Å². The number of oxazole rings is 1. The minimum absolute atomic E-state index is 0.00812. The molecule has 9 nitrogen and oxygen atoms in total. The number of nitriles is 1. The Morgan fingerprint density at radius 2 is 2.03 bits per heavy atom. The van der Waals surface area contributed by atoms with Crippen LogP contribution in [0.1, 0.15) is 25.5 Å². The van der Waals surface area contributed by atoms with Gasteiger partial charge in [0, 0.05) is 31.6 Å². The van der Waals surface area contributed by atoms with E-state index in [2.05, 4.69) is 15.6 Å². The van der Waals surface area contributed by atoms with Crippen LogP contribution in [0.15, 0.2) is 45.4 Å². The number of amides is 2. The predicted molar refractivity (Wildman–Crippen MR) is 113 cm³/mol. The molecular weight excluding hydrogens is 417 g/mol. The second-order valence-electron chi connectivity index (χ2n) is 7.39. The van der Waals surface area contributed by atoms with Gasteiger partial charge in [-0.1, -0.05) is 0 Å². The van der Waals surface area contributed by atoms with Crippen molar-refractivity contribution in [2.75, 3.05) is 28.6 Å². The summed E-state index contributed by atoms with van der Waals surface area (Å²) in [4.78, 5) is 29.9. The molecule has 0 spiro atoms. The average molecular weight is 437 g/mol. The first-order valence-electron chi connectivity index (χ1n) is 10.0. The van der Waals surface area contributed by atoms with Gasteiger partial charge >= 0.3 is 0 Å². The quantitative estimate of drug-likeness (QED) is 0.623. The summed E-state index contributed by atoms with van der Waals surface area (Å²) in [7, 11) is 0. The lowest BCUT2D eigenvalue weighted by Crippen LogP contribution is -2.38. The Morgan fingerprint density at radius 1 is 1.25 bits per heavy atom. The summed E-state index contributed by atoms with van der Waals surface area (Å²) in [5.74, 6) is -0.546. The maximum atomic E-state index is 14.1. The van der Waals surface area contributed by atoms with Gasteiger partial charge in [0.25, 0.3) is 5.89 Å². The monoisotopic (exact) mass is 437 g/mol. The van der Waals surface area contributed by atoms with Crippen LogP contribution < -0.4 is 15.5 Å². The number of nitrogens with one attached hydrogen (secondary N) is 2. The second kappa shape index (κ2) is 8.93. The van der Waals surface area contributed by atoms with Gasteiger partial charge in [-0.2, -0.15) is 10.2 Å². The molecule has 4 rings (SSSR count). The molecule has 0 saturated carbocycles. The molecule has 2 N–H and O–H groups in total. The number of piperidine rings is 1. The van der Waals surface area contributed by atoms with Crippen LogP contribution in [0, 0.1) is 23.1 Å². The molecule has 32 heavy (non-hydrogen) atoms. The molecule has 1 aliphatic rings. The Bertz CT molecular complexity index is 1170. The van der Waals surface area contributed by atoms with Crippen molar-refractivity contribution in [1.82, 2.24) is 4.98 Å². The molecule has 0 unspecified atom stereocenters. The summed E-state index contributed by atoms with van der Waals surface area (Å²) in [5.41, 5.74) is 0.552. The van der Waals surface area contributed by atoms with E-state index in [4.69, 9.17) is 8.83 Å². The third-order valence-corrected chi connectivity index (χ3v) is 5.14. The van der Waals surface area contributed by atoms with Crippen molar-refractivity contribution in [2.45, 2.75) is 19.8 Å². The van der Waals surface area contributed by atoms with Gasteiger partial charge in [-0.3, -0.25) is 9.59 Å². The molecule has 164 valence electrons. The highest BCUT2D eigenvalue weighted by molar-refractivity contribution is 5.94. The van der Waals surface area contributed by atoms with Gasteiger partial charge in [0.15, 0.2) is 5.76 Å². The summed E-state index contributed by atoms with van der Waals surface area (Å²) in [6.07, 6.45) is 2.46. The molecule has 0 radical (unpaired) electrons. The lowest BCUT2D eigenvalue weighted by molar-refractivity contribution is -0.120. The molecule has 2 aromatic heterocycles. The van der Waals surface area contributed by atoms with Crippen molar-refractivity contribution in [2.24, 2.45) is 5.92 Å². The highest BCUT2D eigenvalue weighted by Crippen LogP contribution is 2.31. The Morgan fingerprint density at radius 3 is 2.69 bits per heavy atom. The third-order valence-electron chi connectivity index (χ3n) is 5.14. The van der Waals surface area contributed by atoms with Crippen LogP contribution in [0.25, 0.3) is 11.7 Å². The fraction of sp³-hybridized carbons (Fsp3) is 0.273. The number of aromatic nitrogens is 1. The number of benzene rings is 1. The van der Waals surface area contributed by atoms with E-state index in [1.807, 2.05) is 11.0 Å². The Hall–Kier alpha value is -4.13. The number of anilines is 3. The Kier molecular flexibility index (Phi) is 5.89. The van der Waals surface area contributed by atoms with E-state index in [1.165, 1.54) is 31.4 Å². The van der Waals surface area contributed by atoms with Crippen LogP contribution >= 0.6 is 0 Å². The number of carbonyl (C=O) groups excluding carboxylic acids is 2. The van der Waals surface area contributed by atoms with E-state index in [-0.39, 0.29) is 35.0 Å². The molecule has 1 aliphatic heterocycles. The lowest BCUT2D eigenvalue weighted by atomic mass is 9.95. The zero-order valence-electron chi connectivity index (χ0n) is 17.2. The van der Waals surface area contributed by atoms with Crippen molar-refractivity contribution in [1.29, 1.82) is 5.26 Å². The Labute approximate surface area is 182 Å². The number of furan rings is 1. The average Bonchev–Trinajstić information content (AvgIpc) is 3.45. The van der Waals surface area contributed by atoms with Crippen molar-refractivity contribution in [3.8, 4) is 17.7 Å². The standard InChI is InChI=1S/C22H20FN5O4/c1-13(29)25-15-4-5-16(23)17(11-15)26-20(30)14-6-8-28(9-7-14)22-18(12-24)27-21(32-22)19-3-2-10-31-19/h2-5,10-11,14H,6-9H2,1H3,(H,25,29)(H,26,30). The van der Waals surface area contributed by atoms with Crippen LogP contribution in [-0.4, -0.2) is 29.9 Å². The molecule has 2 amide bonds. The van der Waals surface area contributed by atoms with Gasteiger partial charge in [0.05, 0.1) is 12.0 Å². The van der Waals surface area contributed by atoms with E-state index < -0.39 is 5.82 Å². The van der Waals surface area contributed by atoms with Crippen molar-refractivity contribution in [3.63, 3.8) is 0 Å². The number of rotatable bonds is 5. The summed E-state index contributed by atoms with van der Waals surface area (Å²) >= 11 is 0. The predicted octanol–water partition coefficient (Wildman–Crippen LogP) is 3.76. The minimum atomic E-state index is -0.587. The van der Waals surface area contributed by atoms with Crippen molar-refractivity contribution in [3.05, 3.63) is 48.1 Å². The Balaban J connectivity index is 1.41. The third kappa shape index (κ3) is 4.46. The van der Waals surface area contributed by atoms with Crippen LogP contribution in [0.5, 0.6) is 0 Å². The molecule has 0 aliphatic carbocycles. The molecule has 1 aromatic carbocycles. The second-order valence-corrected chi connectivity index (χ2v) is 7.39. The number of halogens is 1. The maximum absolute atomic E-state index is 14.1. The van der Waals surface area contributed by atoms with E-state index in [9.17, 15) is 19.2 Å². The molecule has 3 heterocycles. The zero-order chi connectivity index (χ0) is 22.7. The topological polar surface area (TPSA) is 124 Å². The number of nitrogens with zero attached hydrogens (tertiary/aromatic N) is 3. The van der Waals surface area contributed by atoms with Crippen molar-refractivity contribution < 1.29 is 22.8 Å². The van der Waals surface area contributed by atoms with Gasteiger partial charge in [-0.15, -0.1) is 0 Å². The number of hydrogen-bond donors (Lipinski definition) is 2. The fourth-order valence-electron chi connectivity index (χ4n) is 3.59. The molecular formula is C22H20FN5O4. The van der Waals surface area contributed by atoms with Gasteiger partial charge in [-0.25, -0.2) is 4.39 Å². The first-order chi connectivity index (χ1) is 15.4. The number of hydrogen-bond acceptors (Lipinski definition) is 7. The smallest absolute Gasteiger partial charge is 0.266 e. The summed E-state index contributed by atoms with van der Waals surface area (Å²) in [6.45, 7) is 2.28. The van der Waals surface area contributed by atoms with Crippen LogP contribution in [-0.2, 0) is 9.59 Å². The van der Waals surface area contributed by atoms with E-state index in [1.54, 1.807) is 12.1 Å². The van der Waals surface area contributed by atoms with Gasteiger partial charge in [0.2, 0.25) is 23.4 Å². The van der Waals surface area contributed by atoms with Crippen LogP contribution in [0.2, 0.25) is 0 Å². The molecule has 3 aromatic rings. The first kappa shape index (κ1) is 21.1. The van der Waals surface area contributed by atoms with Crippen LogP contribution in [0.4, 0.5) is 21.6 Å². The molecule has 0 atom stereocenters. The normalized spacial score (nSPS) is 14.1. The molecule has 1 fully saturated rings. The molecule has 0 bridgehead atoms. The lowest BCUT2D eigenvalue weighted by Gasteiger charge is -2.31. The molecule has 1 saturated heterocycles. The minimum Gasteiger partial charge on any atom is -0.459 e. The summed E-state index contributed by atoms with van der Waals surface area (Å²) in [5, 5.41) is 14.6. The van der Waals surface area contributed by atoms with Crippen molar-refractivity contribution >= 4 is 29.1 Å². The highest BCUT2D eigenvalue weighted by atomic mass is 19.1. The zero-order valence-corrected chi connectivity index (χ0v) is 17.2. The van der Waals surface area contributed by atoms with Crippen LogP contribution in [0.3, 0.4) is 0 Å². The first-order valence-corrected chi connectivity index (χ1v) is 10.0. The van der Waals surface area contributed by atoms with E-state index in [0.29, 0.717) is 43.3 Å². The SMILES string of the molecule is CC(=O)Nc1ccc(F)c(NC(=O)C2CCN(c3oc(-c4ccco4)nc3C#N)CC2)c1.